The predicted molar refractivity (Wildman–Crippen MR) is 120 cm³/mol. The molecule has 0 aromatic heterocycles. The van der Waals surface area contributed by atoms with Gasteiger partial charge in [-0.3, -0.25) is 0 Å². The number of carbonyl (C=O) groups excluding carboxylic acids is 1. The molecule has 3 aromatic rings. The zero-order chi connectivity index (χ0) is 21.4. The molecule has 0 unspecified atom stereocenters. The maximum Gasteiger partial charge on any atom is 0.336 e. The van der Waals surface area contributed by atoms with E-state index in [1.807, 2.05) is 30.3 Å². The number of halogens is 1. The number of rotatable bonds is 7. The van der Waals surface area contributed by atoms with E-state index in [2.05, 4.69) is 25.9 Å². The number of hydrogen-bond donors (Lipinski definition) is 1. The summed E-state index contributed by atoms with van der Waals surface area (Å²) in [5.41, 5.74) is 1.28. The molecular weight excluding hydrogens is 468 g/mol. The molecule has 0 fully saturated rings. The number of nitrogens with zero attached hydrogens (tertiary/aromatic N) is 1. The Morgan fingerprint density at radius 2 is 1.63 bits per heavy atom. The van der Waals surface area contributed by atoms with Crippen molar-refractivity contribution in [2.24, 2.45) is 5.10 Å². The van der Waals surface area contributed by atoms with Gasteiger partial charge in [-0.1, -0.05) is 64.5 Å². The monoisotopic (exact) mass is 484 g/mol. The van der Waals surface area contributed by atoms with Crippen LogP contribution in [-0.2, 0) is 14.8 Å². The van der Waals surface area contributed by atoms with Gasteiger partial charge in [0, 0.05) is 16.1 Å². The van der Waals surface area contributed by atoms with Crippen molar-refractivity contribution in [2.75, 3.05) is 0 Å². The standard InChI is InChI=1S/C22H17BrN2O4S/c23-19-12-13-21(29-22(26)14-11-17-7-3-1-4-8-17)18(15-19)16-24-25-30(27,28)20-9-5-2-6-10-20/h1-16,25H/b14-11+,24-16+. The molecule has 30 heavy (non-hydrogen) atoms. The largest absolute Gasteiger partial charge is 0.423 e. The molecule has 0 aliphatic carbocycles. The molecule has 6 nitrogen and oxygen atoms in total. The number of esters is 1. The Kier molecular flexibility index (Phi) is 7.16. The molecule has 0 atom stereocenters. The predicted octanol–water partition coefficient (Wildman–Crippen LogP) is 4.38. The van der Waals surface area contributed by atoms with Gasteiger partial charge >= 0.3 is 5.97 Å². The Labute approximate surface area is 183 Å². The number of hydrogen-bond acceptors (Lipinski definition) is 5. The summed E-state index contributed by atoms with van der Waals surface area (Å²) >= 11 is 3.34. The second-order valence-corrected chi connectivity index (χ2v) is 8.59. The Balaban J connectivity index is 1.73. The summed E-state index contributed by atoms with van der Waals surface area (Å²) in [6, 6.07) is 22.2. The summed E-state index contributed by atoms with van der Waals surface area (Å²) in [5.74, 6) is -0.329. The molecule has 0 aliphatic heterocycles. The molecule has 0 saturated heterocycles. The van der Waals surface area contributed by atoms with Crippen molar-refractivity contribution < 1.29 is 17.9 Å². The van der Waals surface area contributed by atoms with Crippen LogP contribution in [0.1, 0.15) is 11.1 Å². The lowest BCUT2D eigenvalue weighted by Crippen LogP contribution is -2.18. The van der Waals surface area contributed by atoms with E-state index in [1.54, 1.807) is 42.5 Å². The first-order valence-corrected chi connectivity index (χ1v) is 11.1. The Morgan fingerprint density at radius 1 is 0.967 bits per heavy atom. The minimum absolute atomic E-state index is 0.0918. The molecule has 152 valence electrons. The highest BCUT2D eigenvalue weighted by atomic mass is 79.9. The first kappa shape index (κ1) is 21.5. The van der Waals surface area contributed by atoms with Gasteiger partial charge in [0.25, 0.3) is 10.0 Å². The van der Waals surface area contributed by atoms with Crippen LogP contribution in [0.2, 0.25) is 0 Å². The van der Waals surface area contributed by atoms with Crippen LogP contribution in [0.5, 0.6) is 5.75 Å². The quantitative estimate of drug-likeness (QED) is 0.177. The fourth-order valence-corrected chi connectivity index (χ4v) is 3.59. The highest BCUT2D eigenvalue weighted by molar-refractivity contribution is 9.10. The summed E-state index contributed by atoms with van der Waals surface area (Å²) in [5, 5.41) is 3.80. The maximum absolute atomic E-state index is 12.2. The molecule has 0 amide bonds. The lowest BCUT2D eigenvalue weighted by molar-refractivity contribution is -0.128. The Hall–Kier alpha value is -3.23. The van der Waals surface area contributed by atoms with Gasteiger partial charge in [0.1, 0.15) is 5.75 Å². The van der Waals surface area contributed by atoms with Crippen LogP contribution in [0.15, 0.2) is 99.4 Å². The van der Waals surface area contributed by atoms with Crippen molar-refractivity contribution in [1.29, 1.82) is 0 Å². The fourth-order valence-electron chi connectivity index (χ4n) is 2.40. The van der Waals surface area contributed by atoms with Gasteiger partial charge in [-0.05, 0) is 42.0 Å². The van der Waals surface area contributed by atoms with Crippen LogP contribution >= 0.6 is 15.9 Å². The van der Waals surface area contributed by atoms with Crippen molar-refractivity contribution >= 4 is 44.2 Å². The van der Waals surface area contributed by atoms with Gasteiger partial charge in [0.15, 0.2) is 0 Å². The highest BCUT2D eigenvalue weighted by Crippen LogP contribution is 2.22. The molecule has 3 rings (SSSR count). The molecule has 0 aliphatic rings. The van der Waals surface area contributed by atoms with Crippen molar-refractivity contribution in [3.05, 3.63) is 101 Å². The van der Waals surface area contributed by atoms with Crippen molar-refractivity contribution in [1.82, 2.24) is 4.83 Å². The van der Waals surface area contributed by atoms with Crippen LogP contribution in [0.4, 0.5) is 0 Å². The van der Waals surface area contributed by atoms with E-state index in [4.69, 9.17) is 4.74 Å². The minimum atomic E-state index is -3.79. The molecule has 8 heteroatoms. The summed E-state index contributed by atoms with van der Waals surface area (Å²) < 4.78 is 30.6. The molecule has 0 radical (unpaired) electrons. The molecule has 0 bridgehead atoms. The number of hydrazone groups is 1. The molecule has 0 spiro atoms. The zero-order valence-electron chi connectivity index (χ0n) is 15.6. The van der Waals surface area contributed by atoms with Crippen LogP contribution in [0.25, 0.3) is 6.08 Å². The summed E-state index contributed by atoms with van der Waals surface area (Å²) in [7, 11) is -3.79. The van der Waals surface area contributed by atoms with E-state index in [-0.39, 0.29) is 10.6 Å². The third-order valence-corrected chi connectivity index (χ3v) is 5.56. The summed E-state index contributed by atoms with van der Waals surface area (Å²) in [4.78, 5) is 14.4. The normalized spacial score (nSPS) is 11.6. The van der Waals surface area contributed by atoms with E-state index < -0.39 is 16.0 Å². The van der Waals surface area contributed by atoms with Crippen molar-refractivity contribution in [2.45, 2.75) is 4.90 Å². The number of nitrogens with one attached hydrogen (secondary N) is 1. The van der Waals surface area contributed by atoms with Crippen LogP contribution in [0, 0.1) is 0 Å². The lowest BCUT2D eigenvalue weighted by atomic mass is 10.2. The second-order valence-electron chi connectivity index (χ2n) is 6.01. The van der Waals surface area contributed by atoms with E-state index in [1.165, 1.54) is 24.4 Å². The van der Waals surface area contributed by atoms with E-state index in [0.717, 1.165) is 10.0 Å². The second kappa shape index (κ2) is 10.00. The van der Waals surface area contributed by atoms with Crippen LogP contribution < -0.4 is 9.57 Å². The van der Waals surface area contributed by atoms with Gasteiger partial charge in [-0.25, -0.2) is 9.63 Å². The molecule has 1 N–H and O–H groups in total. The van der Waals surface area contributed by atoms with E-state index in [0.29, 0.717) is 5.56 Å². The van der Waals surface area contributed by atoms with E-state index >= 15 is 0 Å². The third kappa shape index (κ3) is 6.13. The highest BCUT2D eigenvalue weighted by Gasteiger charge is 2.12. The number of benzene rings is 3. The van der Waals surface area contributed by atoms with Crippen molar-refractivity contribution in [3.63, 3.8) is 0 Å². The van der Waals surface area contributed by atoms with Crippen molar-refractivity contribution in [3.8, 4) is 5.75 Å². The topological polar surface area (TPSA) is 84.8 Å². The van der Waals surface area contributed by atoms with Crippen LogP contribution in [0.3, 0.4) is 0 Å². The first-order chi connectivity index (χ1) is 14.4. The van der Waals surface area contributed by atoms with E-state index in [9.17, 15) is 13.2 Å². The molecule has 0 heterocycles. The SMILES string of the molecule is O=C(/C=C/c1ccccc1)Oc1ccc(Br)cc1/C=N/NS(=O)(=O)c1ccccc1. The average molecular weight is 485 g/mol. The van der Waals surface area contributed by atoms with Gasteiger partial charge in [0.2, 0.25) is 0 Å². The van der Waals surface area contributed by atoms with Crippen LogP contribution in [-0.4, -0.2) is 20.6 Å². The average Bonchev–Trinajstić information content (AvgIpc) is 2.75. The number of sulfonamides is 1. The maximum atomic E-state index is 12.2. The molecule has 3 aromatic carbocycles. The lowest BCUT2D eigenvalue weighted by Gasteiger charge is -2.07. The summed E-state index contributed by atoms with van der Waals surface area (Å²) in [6.45, 7) is 0. The third-order valence-electron chi connectivity index (χ3n) is 3.82. The van der Waals surface area contributed by atoms with Gasteiger partial charge in [-0.2, -0.15) is 13.5 Å². The molecule has 0 saturated carbocycles. The van der Waals surface area contributed by atoms with Gasteiger partial charge in [-0.15, -0.1) is 0 Å². The first-order valence-electron chi connectivity index (χ1n) is 8.78. The number of ether oxygens (including phenoxy) is 1. The van der Waals surface area contributed by atoms with Gasteiger partial charge < -0.3 is 4.74 Å². The Bertz CT molecular complexity index is 1180. The van der Waals surface area contributed by atoms with Gasteiger partial charge in [0.05, 0.1) is 11.1 Å². The summed E-state index contributed by atoms with van der Waals surface area (Å²) in [6.07, 6.45) is 4.23. The minimum Gasteiger partial charge on any atom is -0.423 e. The Morgan fingerprint density at radius 3 is 2.33 bits per heavy atom. The zero-order valence-corrected chi connectivity index (χ0v) is 18.0. The number of carbonyl (C=O) groups is 1. The smallest absolute Gasteiger partial charge is 0.336 e. The fraction of sp³-hybridized carbons (Fsp3) is 0. The molecular formula is C22H17BrN2O4S.